The molecule has 0 atom stereocenters. The predicted molar refractivity (Wildman–Crippen MR) is 204 cm³/mol. The number of methoxy groups -OCH3 is 1. The fourth-order valence-corrected chi connectivity index (χ4v) is 9.37. The van der Waals surface area contributed by atoms with E-state index >= 15 is 0 Å². The Kier molecular flexibility index (Phi) is 36.5. The van der Waals surface area contributed by atoms with E-state index in [4.69, 9.17) is 14.7 Å². The average molecular weight is 1140 g/mol. The number of aromatic hydroxyl groups is 1. The van der Waals surface area contributed by atoms with Gasteiger partial charge in [0.1, 0.15) is 38.6 Å². The summed E-state index contributed by atoms with van der Waals surface area (Å²) >= 11 is 0.260. The van der Waals surface area contributed by atoms with E-state index in [1.807, 2.05) is 0 Å². The van der Waals surface area contributed by atoms with Gasteiger partial charge >= 0.3 is 148 Å². The summed E-state index contributed by atoms with van der Waals surface area (Å²) in [6, 6.07) is 7.71. The number of fused-ring (bicyclic) bond motifs is 1. The number of azo groups is 2. The number of sulfone groups is 2. The van der Waals surface area contributed by atoms with Crippen LogP contribution in [0.15, 0.2) is 93.5 Å². The number of phenolic OH excluding ortho intramolecular Hbond substituents is 1. The average Bonchev–Trinajstić information content (AvgIpc) is 3.20. The molecule has 0 fully saturated rings. The number of ether oxygens (including phenoxy) is 1. The van der Waals surface area contributed by atoms with Gasteiger partial charge in [0.15, 0.2) is 37.7 Å². The van der Waals surface area contributed by atoms with Gasteiger partial charge in [-0.1, -0.05) is 7.43 Å². The van der Waals surface area contributed by atoms with E-state index in [-0.39, 0.29) is 223 Å². The maximum absolute atomic E-state index is 12.9. The molecule has 0 saturated carbocycles. The Labute approximate surface area is 510 Å². The van der Waals surface area contributed by atoms with Crippen LogP contribution in [0.25, 0.3) is 10.8 Å². The molecule has 4 aromatic carbocycles. The van der Waals surface area contributed by atoms with Crippen molar-refractivity contribution in [2.75, 3.05) is 37.6 Å². The van der Waals surface area contributed by atoms with E-state index in [2.05, 4.69) is 52.8 Å². The van der Waals surface area contributed by atoms with Crippen molar-refractivity contribution in [3.63, 3.8) is 0 Å². The monoisotopic (exact) mass is 1140 g/mol. The van der Waals surface area contributed by atoms with Crippen LogP contribution in [0.2, 0.25) is 0 Å². The number of anilines is 1. The van der Waals surface area contributed by atoms with Gasteiger partial charge < -0.3 is 40.5 Å². The van der Waals surface area contributed by atoms with E-state index in [1.54, 1.807) is 0 Å². The standard InChI is InChI=1S/C27H27N5O23S7.CH4.5Na/c1-47-19-5-3-15(59(37,38)8-6-48-58-55-52-36)12-18(19)30-31-25-21(57-54-51-35)10-14-11-22(61(41,42)43)26(24(28)23(14)27(25)33)32-29-17-4-2-16(13-20(17)56-53-50-34)60(39,40)9-7-49-62(44,45)46;;;;;;/h2-5,10-13,33-36H,6-9,28H2,1H3,(H,41,42,43)(H,44,45,46);1H4;;;;;/q;;5*+1/p-5. The van der Waals surface area contributed by atoms with Crippen LogP contribution in [0.1, 0.15) is 7.43 Å². The number of phenols is 1. The third kappa shape index (κ3) is 21.4. The van der Waals surface area contributed by atoms with Gasteiger partial charge in [0.2, 0.25) is 10.4 Å². The Hall–Kier alpha value is 1.07. The Morgan fingerprint density at radius 1 is 0.662 bits per heavy atom. The second kappa shape index (κ2) is 33.9. The van der Waals surface area contributed by atoms with Crippen LogP contribution in [0.3, 0.4) is 0 Å². The third-order valence-electron chi connectivity index (χ3n) is 7.32. The van der Waals surface area contributed by atoms with Crippen molar-refractivity contribution in [3.05, 3.63) is 48.5 Å². The predicted octanol–water partition coefficient (Wildman–Crippen LogP) is -13.2. The Morgan fingerprint density at radius 2 is 1.19 bits per heavy atom. The van der Waals surface area contributed by atoms with E-state index in [9.17, 15) is 63.7 Å². The number of hydrogen-bond donors (Lipinski definition) is 2. The zero-order valence-electron chi connectivity index (χ0n) is 35.1. The van der Waals surface area contributed by atoms with E-state index in [0.29, 0.717) is 6.07 Å². The molecule has 28 nitrogen and oxygen atoms in total. The van der Waals surface area contributed by atoms with Crippen molar-refractivity contribution in [2.24, 2.45) is 20.5 Å². The van der Waals surface area contributed by atoms with Gasteiger partial charge in [0, 0.05) is 0 Å². The van der Waals surface area contributed by atoms with Crippen LogP contribution in [-0.4, -0.2) is 79.7 Å². The minimum absolute atomic E-state index is 0. The van der Waals surface area contributed by atoms with E-state index in [1.165, 1.54) is 13.2 Å². The van der Waals surface area contributed by atoms with Crippen LogP contribution in [0, 0.1) is 0 Å². The molecule has 4 aromatic rings. The summed E-state index contributed by atoms with van der Waals surface area (Å²) in [5, 5.41) is 67.2. The zero-order valence-corrected chi connectivity index (χ0v) is 50.8. The Bertz CT molecular complexity index is 2800. The van der Waals surface area contributed by atoms with Gasteiger partial charge in [-0.15, -0.1) is 24.8 Å². The molecule has 0 heterocycles. The van der Waals surface area contributed by atoms with Gasteiger partial charge in [-0.25, -0.2) is 33.7 Å². The van der Waals surface area contributed by atoms with Crippen LogP contribution >= 0.6 is 36.4 Å². The molecule has 0 unspecified atom stereocenters. The SMILES string of the molecule is C.COc1ccc(S(=O)(=O)CCOSOO[O-])cc1N=Nc1c(SOO[O-])cc2cc(S(=O)(=O)[O-])c(N=Nc3ccc(S(=O)(=O)CCOS(=O)(=O)[O-])cc3SOO[O-])c(N)c2c1O.[Na+].[Na+].[Na+].[Na+].[Na+]. The van der Waals surface area contributed by atoms with Gasteiger partial charge in [-0.05, 0) is 53.9 Å². The molecule has 348 valence electrons. The molecule has 0 aliphatic carbocycles. The maximum atomic E-state index is 12.9. The molecule has 68 heavy (non-hydrogen) atoms. The molecular weight excluding hydrogens is 1110 g/mol. The molecule has 0 amide bonds. The smallest absolute Gasteiger partial charge is 0.744 e. The topological polar surface area (TPSA) is 431 Å². The summed E-state index contributed by atoms with van der Waals surface area (Å²) in [4.78, 5) is -2.74. The van der Waals surface area contributed by atoms with Crippen molar-refractivity contribution in [3.8, 4) is 11.5 Å². The van der Waals surface area contributed by atoms with Gasteiger partial charge in [0.25, 0.3) is 0 Å². The van der Waals surface area contributed by atoms with Crippen molar-refractivity contribution >= 4 is 116 Å². The first kappa shape index (κ1) is 73.3. The largest absolute Gasteiger partial charge is 1.00 e. The van der Waals surface area contributed by atoms with Crippen LogP contribution < -0.4 is 174 Å². The van der Waals surface area contributed by atoms with Crippen molar-refractivity contribution < 1.29 is 253 Å². The third-order valence-corrected chi connectivity index (χ3v) is 13.6. The van der Waals surface area contributed by atoms with Gasteiger partial charge in [0.05, 0.1) is 91.5 Å². The second-order valence-corrected chi connectivity index (χ2v) is 19.6. The summed E-state index contributed by atoms with van der Waals surface area (Å²) in [7, 11) is -18.1. The number of hydrogen-bond acceptors (Lipinski definition) is 31. The van der Waals surface area contributed by atoms with E-state index < -0.39 is 109 Å². The van der Waals surface area contributed by atoms with Gasteiger partial charge in [-0.2, -0.15) is 8.67 Å². The first-order valence-electron chi connectivity index (χ1n) is 15.5. The molecule has 0 radical (unpaired) electrons. The molecule has 0 aliphatic heterocycles. The normalized spacial score (nSPS) is 11.7. The van der Waals surface area contributed by atoms with Crippen molar-refractivity contribution in [1.29, 1.82) is 0 Å². The van der Waals surface area contributed by atoms with Crippen molar-refractivity contribution in [2.45, 2.75) is 31.9 Å². The molecule has 0 spiro atoms. The molecule has 4 rings (SSSR count). The number of nitrogens with two attached hydrogens (primary N) is 1. The Balaban J connectivity index is -0.00000704. The fourth-order valence-electron chi connectivity index (χ4n) is 4.74. The Morgan fingerprint density at radius 3 is 1.75 bits per heavy atom. The molecular formula is C28H26N5Na5O23S7. The molecule has 0 saturated heterocycles. The molecule has 3 N–H and O–H groups in total. The first-order valence-corrected chi connectivity index (χ1v) is 23.7. The van der Waals surface area contributed by atoms with Crippen molar-refractivity contribution in [1.82, 2.24) is 0 Å². The van der Waals surface area contributed by atoms with Crippen LogP contribution in [-0.2, 0) is 76.7 Å². The zero-order chi connectivity index (χ0) is 45.9. The number of nitrogen functional groups attached to an aromatic ring is 1. The van der Waals surface area contributed by atoms with Crippen LogP contribution in [0.4, 0.5) is 28.4 Å². The number of benzene rings is 4. The first-order chi connectivity index (χ1) is 29.2. The number of nitrogens with zero attached hydrogens (tertiary/aromatic N) is 4. The summed E-state index contributed by atoms with van der Waals surface area (Å²) in [6.07, 6.45) is 0. The maximum Gasteiger partial charge on any atom is 1.00 e. The van der Waals surface area contributed by atoms with E-state index in [0.717, 1.165) is 36.4 Å². The van der Waals surface area contributed by atoms with Crippen LogP contribution in [0.5, 0.6) is 11.5 Å². The molecule has 0 aromatic heterocycles. The quantitative estimate of drug-likeness (QED) is 0.00757. The molecule has 0 bridgehead atoms. The van der Waals surface area contributed by atoms with Gasteiger partial charge in [-0.3, -0.25) is 23.5 Å². The molecule has 0 aliphatic rings. The number of rotatable bonds is 24. The second-order valence-electron chi connectivity index (χ2n) is 11.0. The fraction of sp³-hybridized carbons (Fsp3) is 0.214. The summed E-state index contributed by atoms with van der Waals surface area (Å²) in [5.41, 5.74) is 3.37. The summed E-state index contributed by atoms with van der Waals surface area (Å²) in [5.74, 6) is -2.64. The summed E-state index contributed by atoms with van der Waals surface area (Å²) < 4.78 is 147. The summed E-state index contributed by atoms with van der Waals surface area (Å²) in [6.45, 7) is -1.53. The minimum atomic E-state index is -5.52. The minimum Gasteiger partial charge on any atom is -0.744 e. The molecule has 40 heteroatoms.